The maximum absolute atomic E-state index is 12.6. The van der Waals surface area contributed by atoms with Crippen molar-refractivity contribution in [1.29, 1.82) is 0 Å². The molecule has 0 bridgehead atoms. The lowest BCUT2D eigenvalue weighted by Crippen LogP contribution is -2.33. The first-order valence-corrected chi connectivity index (χ1v) is 13.7. The van der Waals surface area contributed by atoms with E-state index in [-0.39, 0.29) is 19.0 Å². The number of unbranched alkanes of at least 4 members (excludes halogenated alkanes) is 4. The predicted molar refractivity (Wildman–Crippen MR) is 148 cm³/mol. The molecule has 0 saturated heterocycles. The topological polar surface area (TPSA) is 85.3 Å². The Morgan fingerprint density at radius 3 is 2.21 bits per heavy atom. The molecule has 2 aromatic carbocycles. The van der Waals surface area contributed by atoms with E-state index in [0.29, 0.717) is 11.1 Å². The van der Waals surface area contributed by atoms with Crippen LogP contribution in [0.4, 0.5) is 5.69 Å². The van der Waals surface area contributed by atoms with Crippen LogP contribution < -0.4 is 4.90 Å². The first-order valence-electron chi connectivity index (χ1n) is 13.7. The van der Waals surface area contributed by atoms with Crippen molar-refractivity contribution < 1.29 is 28.9 Å². The molecule has 1 heterocycles. The Labute approximate surface area is 226 Å². The minimum Gasteiger partial charge on any atom is -0.482 e. The van der Waals surface area contributed by atoms with E-state index in [1.54, 1.807) is 19.1 Å². The van der Waals surface area contributed by atoms with Crippen LogP contribution in [0.1, 0.15) is 75.2 Å². The van der Waals surface area contributed by atoms with Crippen LogP contribution in [0.5, 0.6) is 0 Å². The van der Waals surface area contributed by atoms with Gasteiger partial charge >= 0.3 is 11.9 Å². The van der Waals surface area contributed by atoms with Gasteiger partial charge in [-0.05, 0) is 49.6 Å². The van der Waals surface area contributed by atoms with Gasteiger partial charge in [0.2, 0.25) is 5.76 Å². The van der Waals surface area contributed by atoms with Gasteiger partial charge in [-0.2, -0.15) is 0 Å². The van der Waals surface area contributed by atoms with Gasteiger partial charge in [0.15, 0.2) is 6.10 Å². The van der Waals surface area contributed by atoms with Gasteiger partial charge in [0.1, 0.15) is 19.3 Å². The largest absolute Gasteiger partial charge is 0.482 e. The fraction of sp³-hybridized carbons (Fsp3) is 0.484. The Kier molecular flexibility index (Phi) is 11.7. The van der Waals surface area contributed by atoms with Gasteiger partial charge < -0.3 is 24.2 Å². The molecule has 0 spiro atoms. The average molecular weight is 524 g/mol. The number of anilines is 1. The maximum atomic E-state index is 12.6. The van der Waals surface area contributed by atoms with E-state index in [9.17, 15) is 14.7 Å². The van der Waals surface area contributed by atoms with Gasteiger partial charge in [-0.3, -0.25) is 0 Å². The van der Waals surface area contributed by atoms with E-state index in [0.717, 1.165) is 37.2 Å². The first kappa shape index (κ1) is 29.2. The molecule has 7 heteroatoms. The molecule has 3 rings (SSSR count). The molecule has 1 aliphatic rings. The van der Waals surface area contributed by atoms with Gasteiger partial charge in [0, 0.05) is 24.4 Å². The molecule has 0 aromatic heterocycles. The number of ether oxygens (including phenoxy) is 3. The minimum absolute atomic E-state index is 0.0854. The monoisotopic (exact) mass is 523 g/mol. The molecule has 0 aliphatic carbocycles. The van der Waals surface area contributed by atoms with Crippen LogP contribution in [-0.4, -0.2) is 48.9 Å². The summed E-state index contributed by atoms with van der Waals surface area (Å²) in [5, 5.41) is 10.6. The number of carbonyl (C=O) groups is 2. The zero-order valence-corrected chi connectivity index (χ0v) is 22.9. The number of benzene rings is 2. The molecule has 2 aromatic rings. The van der Waals surface area contributed by atoms with Crippen molar-refractivity contribution in [2.75, 3.05) is 24.6 Å². The number of hydrogen-bond donors (Lipinski definition) is 1. The molecule has 0 fully saturated rings. The fourth-order valence-electron chi connectivity index (χ4n) is 4.43. The normalized spacial score (nSPS) is 15.8. The number of rotatable bonds is 16. The van der Waals surface area contributed by atoms with Crippen molar-refractivity contribution in [2.24, 2.45) is 0 Å². The number of hydrogen-bond acceptors (Lipinski definition) is 7. The summed E-state index contributed by atoms with van der Waals surface area (Å²) in [6.45, 7) is 7.98. The molecule has 206 valence electrons. The van der Waals surface area contributed by atoms with Crippen LogP contribution in [-0.2, 0) is 25.6 Å². The average Bonchev–Trinajstić information content (AvgIpc) is 3.23. The SMILES string of the molecule is CCCCCN(CCCCC)c1ccc(C(=O)OCC(O)C2OC(=O)C(OCc3ccccc3)=C2C)cc1. The number of carbonyl (C=O) groups excluding carboxylic acids is 2. The Morgan fingerprint density at radius 2 is 1.61 bits per heavy atom. The van der Waals surface area contributed by atoms with E-state index in [4.69, 9.17) is 14.2 Å². The molecule has 0 amide bonds. The molecule has 0 saturated carbocycles. The van der Waals surface area contributed by atoms with Gasteiger partial charge in [0.05, 0.1) is 5.56 Å². The molecule has 0 radical (unpaired) electrons. The molecular formula is C31H41NO6. The lowest BCUT2D eigenvalue weighted by Gasteiger charge is -2.25. The Morgan fingerprint density at radius 1 is 0.974 bits per heavy atom. The van der Waals surface area contributed by atoms with Gasteiger partial charge in [-0.1, -0.05) is 69.9 Å². The second kappa shape index (κ2) is 15.2. The summed E-state index contributed by atoms with van der Waals surface area (Å²) in [5.41, 5.74) is 2.89. The van der Waals surface area contributed by atoms with Gasteiger partial charge in [0.25, 0.3) is 0 Å². The van der Waals surface area contributed by atoms with E-state index >= 15 is 0 Å². The van der Waals surface area contributed by atoms with E-state index in [1.807, 2.05) is 42.5 Å². The van der Waals surface area contributed by atoms with Gasteiger partial charge in [-0.25, -0.2) is 9.59 Å². The molecule has 38 heavy (non-hydrogen) atoms. The van der Waals surface area contributed by atoms with E-state index < -0.39 is 24.1 Å². The van der Waals surface area contributed by atoms with Crippen LogP contribution in [0, 0.1) is 0 Å². The lowest BCUT2D eigenvalue weighted by molar-refractivity contribution is -0.148. The van der Waals surface area contributed by atoms with Crippen molar-refractivity contribution in [3.8, 4) is 0 Å². The summed E-state index contributed by atoms with van der Waals surface area (Å²) in [5.74, 6) is -1.08. The third kappa shape index (κ3) is 8.35. The molecule has 1 N–H and O–H groups in total. The maximum Gasteiger partial charge on any atom is 0.374 e. The molecule has 7 nitrogen and oxygen atoms in total. The Hall–Kier alpha value is -3.32. The fourth-order valence-corrected chi connectivity index (χ4v) is 4.43. The number of nitrogens with zero attached hydrogens (tertiary/aromatic N) is 1. The second-order valence-electron chi connectivity index (χ2n) is 9.73. The van der Waals surface area contributed by atoms with Crippen molar-refractivity contribution in [3.05, 3.63) is 77.1 Å². The summed E-state index contributed by atoms with van der Waals surface area (Å²) < 4.78 is 16.3. The molecular weight excluding hydrogens is 482 g/mol. The summed E-state index contributed by atoms with van der Waals surface area (Å²) >= 11 is 0. The molecule has 2 unspecified atom stereocenters. The molecule has 2 atom stereocenters. The molecule has 1 aliphatic heterocycles. The summed E-state index contributed by atoms with van der Waals surface area (Å²) in [6, 6.07) is 16.9. The Bertz CT molecular complexity index is 1040. The highest BCUT2D eigenvalue weighted by Gasteiger charge is 2.38. The minimum atomic E-state index is -1.20. The summed E-state index contributed by atoms with van der Waals surface area (Å²) in [6.07, 6.45) is 4.90. The highest BCUT2D eigenvalue weighted by Crippen LogP contribution is 2.27. The Balaban J connectivity index is 1.53. The van der Waals surface area contributed by atoms with Crippen molar-refractivity contribution in [1.82, 2.24) is 0 Å². The second-order valence-corrected chi connectivity index (χ2v) is 9.73. The highest BCUT2D eigenvalue weighted by atomic mass is 16.6. The van der Waals surface area contributed by atoms with Crippen LogP contribution >= 0.6 is 0 Å². The predicted octanol–water partition coefficient (Wildman–Crippen LogP) is 5.81. The van der Waals surface area contributed by atoms with Gasteiger partial charge in [-0.15, -0.1) is 0 Å². The smallest absolute Gasteiger partial charge is 0.374 e. The van der Waals surface area contributed by atoms with E-state index in [2.05, 4.69) is 18.7 Å². The zero-order chi connectivity index (χ0) is 27.3. The van der Waals surface area contributed by atoms with Crippen molar-refractivity contribution in [2.45, 2.75) is 78.1 Å². The zero-order valence-electron chi connectivity index (χ0n) is 22.9. The van der Waals surface area contributed by atoms with Crippen molar-refractivity contribution in [3.63, 3.8) is 0 Å². The quantitative estimate of drug-likeness (QED) is 0.220. The number of aliphatic hydroxyl groups excluding tert-OH is 1. The first-order chi connectivity index (χ1) is 18.4. The van der Waals surface area contributed by atoms with Crippen LogP contribution in [0.3, 0.4) is 0 Å². The summed E-state index contributed by atoms with van der Waals surface area (Å²) in [4.78, 5) is 27.3. The standard InChI is InChI=1S/C31H41NO6/c1-4-6-11-19-32(20-12-7-5-2)26-17-15-25(16-18-26)30(34)37-22-27(33)28-23(3)29(31(35)38-28)36-21-24-13-9-8-10-14-24/h8-10,13-18,27-28,33H,4-7,11-12,19-22H2,1-3H3. The van der Waals surface area contributed by atoms with Crippen LogP contribution in [0.25, 0.3) is 0 Å². The van der Waals surface area contributed by atoms with Crippen LogP contribution in [0.15, 0.2) is 65.9 Å². The number of esters is 2. The number of cyclic esters (lactones) is 1. The third-order valence-corrected chi connectivity index (χ3v) is 6.70. The third-order valence-electron chi connectivity index (χ3n) is 6.70. The summed E-state index contributed by atoms with van der Waals surface area (Å²) in [7, 11) is 0. The van der Waals surface area contributed by atoms with Crippen LogP contribution in [0.2, 0.25) is 0 Å². The lowest BCUT2D eigenvalue weighted by atomic mass is 10.1. The van der Waals surface area contributed by atoms with E-state index in [1.165, 1.54) is 25.7 Å². The number of aliphatic hydroxyl groups is 1. The van der Waals surface area contributed by atoms with Crippen molar-refractivity contribution >= 4 is 17.6 Å². The highest BCUT2D eigenvalue weighted by molar-refractivity contribution is 5.90.